The van der Waals surface area contributed by atoms with Gasteiger partial charge in [0.25, 0.3) is 11.9 Å². The summed E-state index contributed by atoms with van der Waals surface area (Å²) in [6, 6.07) is 19.7. The van der Waals surface area contributed by atoms with Crippen LogP contribution in [0.4, 0.5) is 5.95 Å². The average molecular weight is 655 g/mol. The highest BCUT2D eigenvalue weighted by Gasteiger charge is 2.33. The fourth-order valence-corrected chi connectivity index (χ4v) is 5.87. The molecule has 5 aromatic rings. The Morgan fingerprint density at radius 3 is 2.74 bits per heavy atom. The van der Waals surface area contributed by atoms with Crippen molar-refractivity contribution in [2.24, 2.45) is 0 Å². The molecule has 0 spiro atoms. The number of rotatable bonds is 12. The number of ether oxygens (including phenoxy) is 2. The van der Waals surface area contributed by atoms with Gasteiger partial charge in [-0.2, -0.15) is 4.98 Å². The normalized spacial score (nSPS) is 12.7. The minimum absolute atomic E-state index is 0.111. The molecule has 2 amide bonds. The standard InChI is InChI=1S/C35H35ClN6O5/c1-41(2)35-39-32(47-40-35)21-42(34(44)28-18-23-8-6-9-27(36)26(23)20-37-28)29(13-11-22-12-14-31-24(17-22)15-16-46-31)33(43)38-19-25-7-4-5-10-30(25)45-3/h4-10,12,14,17-18,20,29H,11,13,15-16,19,21H2,1-3H3,(H,38,43). The van der Waals surface area contributed by atoms with Crippen molar-refractivity contribution in [2.75, 3.05) is 32.7 Å². The molecule has 0 bridgehead atoms. The van der Waals surface area contributed by atoms with Crippen LogP contribution in [0.2, 0.25) is 5.02 Å². The number of hydrogen-bond acceptors (Lipinski definition) is 9. The van der Waals surface area contributed by atoms with E-state index in [1.807, 2.05) is 48.5 Å². The second kappa shape index (κ2) is 14.1. The molecule has 0 radical (unpaired) electrons. The third-order valence-corrected chi connectivity index (χ3v) is 8.47. The number of pyridine rings is 1. The fraction of sp³-hybridized carbons (Fsp3) is 0.286. The number of hydrogen-bond donors (Lipinski definition) is 1. The molecule has 242 valence electrons. The largest absolute Gasteiger partial charge is 0.496 e. The van der Waals surface area contributed by atoms with E-state index in [2.05, 4.69) is 26.5 Å². The van der Waals surface area contributed by atoms with E-state index in [-0.39, 0.29) is 30.6 Å². The molecular weight excluding hydrogens is 620 g/mol. The zero-order valence-corrected chi connectivity index (χ0v) is 27.2. The van der Waals surface area contributed by atoms with Crippen molar-refractivity contribution in [3.63, 3.8) is 0 Å². The van der Waals surface area contributed by atoms with Gasteiger partial charge in [0.1, 0.15) is 29.8 Å². The number of amides is 2. The molecule has 47 heavy (non-hydrogen) atoms. The van der Waals surface area contributed by atoms with E-state index >= 15 is 0 Å². The SMILES string of the molecule is COc1ccccc1CNC(=O)C(CCc1ccc2c(c1)CCO2)N(Cc1nc(N(C)C)no1)C(=O)c1cc2cccc(Cl)c2cn1. The van der Waals surface area contributed by atoms with Crippen molar-refractivity contribution in [2.45, 2.75) is 38.4 Å². The summed E-state index contributed by atoms with van der Waals surface area (Å²) in [5, 5.41) is 9.06. The van der Waals surface area contributed by atoms with Gasteiger partial charge in [0.2, 0.25) is 11.8 Å². The van der Waals surface area contributed by atoms with Crippen LogP contribution < -0.4 is 19.7 Å². The topological polar surface area (TPSA) is 123 Å². The van der Waals surface area contributed by atoms with Crippen molar-refractivity contribution in [3.8, 4) is 11.5 Å². The summed E-state index contributed by atoms with van der Waals surface area (Å²) in [5.41, 5.74) is 3.13. The molecule has 11 nitrogen and oxygen atoms in total. The molecule has 1 atom stereocenters. The van der Waals surface area contributed by atoms with Crippen LogP contribution in [0, 0.1) is 0 Å². The molecule has 12 heteroatoms. The van der Waals surface area contributed by atoms with E-state index in [0.717, 1.165) is 39.6 Å². The first-order chi connectivity index (χ1) is 22.8. The first-order valence-electron chi connectivity index (χ1n) is 15.3. The second-order valence-corrected chi connectivity index (χ2v) is 11.9. The Bertz CT molecular complexity index is 1910. The lowest BCUT2D eigenvalue weighted by atomic mass is 10.00. The molecule has 0 saturated heterocycles. The monoisotopic (exact) mass is 654 g/mol. The summed E-state index contributed by atoms with van der Waals surface area (Å²) in [6.07, 6.45) is 3.25. The molecule has 6 rings (SSSR count). The highest BCUT2D eigenvalue weighted by molar-refractivity contribution is 6.35. The lowest BCUT2D eigenvalue weighted by molar-refractivity contribution is -0.126. The van der Waals surface area contributed by atoms with Crippen LogP contribution in [0.5, 0.6) is 11.5 Å². The third kappa shape index (κ3) is 7.15. The Hall–Kier alpha value is -5.16. The number of carbonyl (C=O) groups excluding carboxylic acids is 2. The minimum Gasteiger partial charge on any atom is -0.496 e. The smallest absolute Gasteiger partial charge is 0.273 e. The Balaban J connectivity index is 1.36. The van der Waals surface area contributed by atoms with Gasteiger partial charge >= 0.3 is 0 Å². The van der Waals surface area contributed by atoms with E-state index in [1.165, 1.54) is 4.90 Å². The number of aromatic nitrogens is 3. The van der Waals surface area contributed by atoms with Gasteiger partial charge in [-0.05, 0) is 58.8 Å². The first kappa shape index (κ1) is 31.8. The van der Waals surface area contributed by atoms with Gasteiger partial charge < -0.3 is 29.1 Å². The minimum atomic E-state index is -0.923. The summed E-state index contributed by atoms with van der Waals surface area (Å²) >= 11 is 6.38. The number of para-hydroxylation sites is 1. The third-order valence-electron chi connectivity index (χ3n) is 8.14. The predicted octanol–water partition coefficient (Wildman–Crippen LogP) is 5.24. The molecule has 2 aromatic heterocycles. The Morgan fingerprint density at radius 2 is 1.94 bits per heavy atom. The van der Waals surface area contributed by atoms with Crippen molar-refractivity contribution < 1.29 is 23.6 Å². The van der Waals surface area contributed by atoms with Crippen LogP contribution in [-0.2, 0) is 30.7 Å². The lowest BCUT2D eigenvalue weighted by Crippen LogP contribution is -2.49. The molecule has 1 aliphatic rings. The molecule has 3 aromatic carbocycles. The Kier molecular flexibility index (Phi) is 9.53. The quantitative estimate of drug-likeness (QED) is 0.192. The van der Waals surface area contributed by atoms with Crippen molar-refractivity contribution in [1.29, 1.82) is 0 Å². The molecule has 1 unspecified atom stereocenters. The maximum atomic E-state index is 14.4. The molecule has 1 aliphatic heterocycles. The number of aryl methyl sites for hydroxylation is 1. The van der Waals surface area contributed by atoms with E-state index in [0.29, 0.717) is 36.2 Å². The number of nitrogens with one attached hydrogen (secondary N) is 1. The van der Waals surface area contributed by atoms with Crippen molar-refractivity contribution >= 4 is 40.1 Å². The van der Waals surface area contributed by atoms with Crippen LogP contribution >= 0.6 is 11.6 Å². The lowest BCUT2D eigenvalue weighted by Gasteiger charge is -2.30. The Morgan fingerprint density at radius 1 is 1.09 bits per heavy atom. The highest BCUT2D eigenvalue weighted by Crippen LogP contribution is 2.28. The van der Waals surface area contributed by atoms with Crippen molar-refractivity contribution in [1.82, 2.24) is 25.3 Å². The second-order valence-electron chi connectivity index (χ2n) is 11.5. The van der Waals surface area contributed by atoms with Crippen LogP contribution in [-0.4, -0.2) is 65.7 Å². The summed E-state index contributed by atoms with van der Waals surface area (Å²) in [7, 11) is 5.16. The van der Waals surface area contributed by atoms with Crippen LogP contribution in [0.3, 0.4) is 0 Å². The predicted molar refractivity (Wildman–Crippen MR) is 178 cm³/mol. The molecule has 0 aliphatic carbocycles. The summed E-state index contributed by atoms with van der Waals surface area (Å²) in [5.74, 6) is 1.26. The van der Waals surface area contributed by atoms with Gasteiger partial charge in [0, 0.05) is 49.2 Å². The molecule has 0 fully saturated rings. The average Bonchev–Trinajstić information content (AvgIpc) is 3.76. The van der Waals surface area contributed by atoms with E-state index in [1.54, 1.807) is 44.4 Å². The van der Waals surface area contributed by atoms with Gasteiger partial charge in [-0.15, -0.1) is 0 Å². The molecular formula is C35H35ClN6O5. The molecule has 0 saturated carbocycles. The summed E-state index contributed by atoms with van der Waals surface area (Å²) < 4.78 is 16.7. The number of nitrogens with zero attached hydrogens (tertiary/aromatic N) is 5. The number of methoxy groups -OCH3 is 1. The number of carbonyl (C=O) groups is 2. The van der Waals surface area contributed by atoms with Crippen molar-refractivity contribution in [3.05, 3.63) is 106 Å². The van der Waals surface area contributed by atoms with Gasteiger partial charge in [0.05, 0.1) is 13.7 Å². The van der Waals surface area contributed by atoms with E-state index in [4.69, 9.17) is 25.6 Å². The number of halogens is 1. The first-order valence-corrected chi connectivity index (χ1v) is 15.7. The van der Waals surface area contributed by atoms with Gasteiger partial charge in [-0.1, -0.05) is 54.1 Å². The number of fused-ring (bicyclic) bond motifs is 2. The maximum absolute atomic E-state index is 14.4. The van der Waals surface area contributed by atoms with E-state index in [9.17, 15) is 9.59 Å². The van der Waals surface area contributed by atoms with Crippen LogP contribution in [0.15, 0.2) is 77.4 Å². The zero-order valence-electron chi connectivity index (χ0n) is 26.4. The van der Waals surface area contributed by atoms with Gasteiger partial charge in [-0.25, -0.2) is 0 Å². The number of anilines is 1. The van der Waals surface area contributed by atoms with E-state index < -0.39 is 11.9 Å². The number of benzene rings is 3. The summed E-state index contributed by atoms with van der Waals surface area (Å²) in [6.45, 7) is 0.744. The Labute approximate surface area is 277 Å². The fourth-order valence-electron chi connectivity index (χ4n) is 5.64. The summed E-state index contributed by atoms with van der Waals surface area (Å²) in [4.78, 5) is 40.7. The highest BCUT2D eigenvalue weighted by atomic mass is 35.5. The molecule has 3 heterocycles. The zero-order chi connectivity index (χ0) is 32.9. The maximum Gasteiger partial charge on any atom is 0.273 e. The van der Waals surface area contributed by atoms with Crippen LogP contribution in [0.1, 0.15) is 39.5 Å². The van der Waals surface area contributed by atoms with Gasteiger partial charge in [0.15, 0.2) is 0 Å². The van der Waals surface area contributed by atoms with Crippen LogP contribution in [0.25, 0.3) is 10.8 Å². The molecule has 1 N–H and O–H groups in total. The van der Waals surface area contributed by atoms with Gasteiger partial charge in [-0.3, -0.25) is 14.6 Å².